The van der Waals surface area contributed by atoms with Gasteiger partial charge in [-0.3, -0.25) is 9.59 Å². The lowest BCUT2D eigenvalue weighted by Gasteiger charge is -2.15. The predicted octanol–water partition coefficient (Wildman–Crippen LogP) is 3.93. The molecule has 0 unspecified atom stereocenters. The number of benzene rings is 2. The summed E-state index contributed by atoms with van der Waals surface area (Å²) < 4.78 is 5.13. The molecule has 0 heterocycles. The number of hydrogen-bond donors (Lipinski definition) is 1. The van der Waals surface area contributed by atoms with E-state index in [0.717, 1.165) is 5.56 Å². The second kappa shape index (κ2) is 9.57. The number of amides is 2. The summed E-state index contributed by atoms with van der Waals surface area (Å²) in [7, 11) is 3.16. The zero-order valence-electron chi connectivity index (χ0n) is 16.2. The van der Waals surface area contributed by atoms with Gasteiger partial charge in [-0.1, -0.05) is 44.2 Å². The van der Waals surface area contributed by atoms with Crippen molar-refractivity contribution in [3.05, 3.63) is 65.7 Å². The lowest BCUT2D eigenvalue weighted by atomic mass is 10.0. The van der Waals surface area contributed by atoms with Crippen molar-refractivity contribution >= 4 is 23.6 Å². The third-order valence-corrected chi connectivity index (χ3v) is 4.13. The maximum atomic E-state index is 12.2. The molecule has 142 valence electrons. The van der Waals surface area contributed by atoms with Gasteiger partial charge in [-0.2, -0.15) is 0 Å². The number of nitrogens with one attached hydrogen (secondary N) is 1. The van der Waals surface area contributed by atoms with Gasteiger partial charge in [-0.05, 0) is 35.3 Å². The van der Waals surface area contributed by atoms with Crippen LogP contribution in [0.15, 0.2) is 54.6 Å². The van der Waals surface area contributed by atoms with Crippen molar-refractivity contribution in [2.45, 2.75) is 19.8 Å². The van der Waals surface area contributed by atoms with Crippen LogP contribution in [0.25, 0.3) is 6.08 Å². The molecule has 5 nitrogen and oxygen atoms in total. The highest BCUT2D eigenvalue weighted by molar-refractivity contribution is 5.98. The topological polar surface area (TPSA) is 58.6 Å². The maximum Gasteiger partial charge on any atom is 0.246 e. The lowest BCUT2D eigenvalue weighted by molar-refractivity contribution is -0.129. The van der Waals surface area contributed by atoms with E-state index in [2.05, 4.69) is 31.3 Å². The highest BCUT2D eigenvalue weighted by Gasteiger charge is 2.11. The van der Waals surface area contributed by atoms with Crippen molar-refractivity contribution in [3.8, 4) is 5.75 Å². The molecule has 0 atom stereocenters. The Hall–Kier alpha value is -3.08. The first-order valence-corrected chi connectivity index (χ1v) is 8.86. The average Bonchev–Trinajstić information content (AvgIpc) is 2.66. The van der Waals surface area contributed by atoms with E-state index in [1.54, 1.807) is 44.5 Å². The van der Waals surface area contributed by atoms with E-state index in [-0.39, 0.29) is 18.4 Å². The third-order valence-electron chi connectivity index (χ3n) is 4.13. The second-order valence-corrected chi connectivity index (χ2v) is 6.63. The number of methoxy groups -OCH3 is 1. The zero-order chi connectivity index (χ0) is 19.8. The van der Waals surface area contributed by atoms with Gasteiger partial charge in [0.1, 0.15) is 5.75 Å². The summed E-state index contributed by atoms with van der Waals surface area (Å²) >= 11 is 0. The fraction of sp³-hybridized carbons (Fsp3) is 0.273. The van der Waals surface area contributed by atoms with Crippen molar-refractivity contribution in [2.75, 3.05) is 26.0 Å². The molecule has 2 aromatic rings. The number of carbonyl (C=O) groups excluding carboxylic acids is 2. The van der Waals surface area contributed by atoms with Crippen molar-refractivity contribution < 1.29 is 14.3 Å². The number of nitrogens with zero attached hydrogens (tertiary/aromatic N) is 1. The molecule has 0 spiro atoms. The van der Waals surface area contributed by atoms with Crippen LogP contribution in [0.1, 0.15) is 30.9 Å². The van der Waals surface area contributed by atoms with Crippen molar-refractivity contribution in [1.82, 2.24) is 4.90 Å². The van der Waals surface area contributed by atoms with E-state index in [1.165, 1.54) is 16.5 Å². The molecule has 2 rings (SSSR count). The molecule has 2 amide bonds. The number of hydrogen-bond acceptors (Lipinski definition) is 3. The summed E-state index contributed by atoms with van der Waals surface area (Å²) in [5, 5.41) is 2.76. The Kier molecular flexibility index (Phi) is 7.17. The smallest absolute Gasteiger partial charge is 0.246 e. The fourth-order valence-electron chi connectivity index (χ4n) is 2.48. The van der Waals surface area contributed by atoms with Crippen LogP contribution in [0.4, 0.5) is 5.69 Å². The molecule has 0 aromatic heterocycles. The van der Waals surface area contributed by atoms with Crippen LogP contribution in [0, 0.1) is 0 Å². The molecule has 0 bridgehead atoms. The summed E-state index contributed by atoms with van der Waals surface area (Å²) in [6.07, 6.45) is 3.23. The summed E-state index contributed by atoms with van der Waals surface area (Å²) in [4.78, 5) is 25.7. The van der Waals surface area contributed by atoms with Gasteiger partial charge in [0.15, 0.2) is 0 Å². The first-order chi connectivity index (χ1) is 12.9. The van der Waals surface area contributed by atoms with Gasteiger partial charge < -0.3 is 15.0 Å². The fourth-order valence-corrected chi connectivity index (χ4v) is 2.48. The van der Waals surface area contributed by atoms with Gasteiger partial charge >= 0.3 is 0 Å². The Balaban J connectivity index is 1.89. The van der Waals surface area contributed by atoms with Gasteiger partial charge in [0.05, 0.1) is 13.7 Å². The van der Waals surface area contributed by atoms with Crippen LogP contribution < -0.4 is 10.1 Å². The molecule has 0 aliphatic carbocycles. The summed E-state index contributed by atoms with van der Waals surface area (Å²) in [5.74, 6) is 0.625. The van der Waals surface area contributed by atoms with Gasteiger partial charge in [0, 0.05) is 24.9 Å². The van der Waals surface area contributed by atoms with Gasteiger partial charge in [0.2, 0.25) is 11.8 Å². The summed E-state index contributed by atoms with van der Waals surface area (Å²) in [6.45, 7) is 4.24. The number of ether oxygens (including phenoxy) is 1. The minimum absolute atomic E-state index is 0.0350. The SMILES string of the molecule is COc1cccc(NC(=O)CN(C)C(=O)/C=C/c2ccc(C(C)C)cc2)c1. The minimum atomic E-state index is -0.270. The Morgan fingerprint density at radius 3 is 2.48 bits per heavy atom. The molecule has 0 radical (unpaired) electrons. The molecular weight excluding hydrogens is 340 g/mol. The Morgan fingerprint density at radius 1 is 1.15 bits per heavy atom. The molecule has 5 heteroatoms. The average molecular weight is 366 g/mol. The first kappa shape index (κ1) is 20.2. The zero-order valence-corrected chi connectivity index (χ0v) is 16.2. The van der Waals surface area contributed by atoms with Crippen molar-refractivity contribution in [3.63, 3.8) is 0 Å². The van der Waals surface area contributed by atoms with Crippen LogP contribution in [-0.4, -0.2) is 37.4 Å². The number of carbonyl (C=O) groups is 2. The number of anilines is 1. The quantitative estimate of drug-likeness (QED) is 0.756. The van der Waals surface area contributed by atoms with Gasteiger partial charge in [-0.15, -0.1) is 0 Å². The highest BCUT2D eigenvalue weighted by atomic mass is 16.5. The molecule has 1 N–H and O–H groups in total. The monoisotopic (exact) mass is 366 g/mol. The van der Waals surface area contributed by atoms with Crippen LogP contribution in [-0.2, 0) is 9.59 Å². The van der Waals surface area contributed by atoms with Crippen molar-refractivity contribution in [2.24, 2.45) is 0 Å². The number of rotatable bonds is 7. The van der Waals surface area contributed by atoms with E-state index >= 15 is 0 Å². The normalized spacial score (nSPS) is 10.9. The summed E-state index contributed by atoms with van der Waals surface area (Å²) in [6, 6.07) is 15.1. The predicted molar refractivity (Wildman–Crippen MR) is 109 cm³/mol. The maximum absolute atomic E-state index is 12.2. The molecular formula is C22H26N2O3. The van der Waals surface area contributed by atoms with E-state index in [4.69, 9.17) is 4.74 Å². The Labute approximate surface area is 160 Å². The van der Waals surface area contributed by atoms with Crippen LogP contribution in [0.5, 0.6) is 5.75 Å². The first-order valence-electron chi connectivity index (χ1n) is 8.86. The third kappa shape index (κ3) is 6.29. The van der Waals surface area contributed by atoms with E-state index in [0.29, 0.717) is 17.4 Å². The van der Waals surface area contributed by atoms with Crippen LogP contribution in [0.3, 0.4) is 0 Å². The minimum Gasteiger partial charge on any atom is -0.497 e. The molecule has 0 aliphatic rings. The standard InChI is InChI=1S/C22H26N2O3/c1-16(2)18-11-8-17(9-12-18)10-13-22(26)24(3)15-21(25)23-19-6-5-7-20(14-19)27-4/h5-14,16H,15H2,1-4H3,(H,23,25)/b13-10+. The molecule has 0 fully saturated rings. The molecule has 0 aliphatic heterocycles. The largest absolute Gasteiger partial charge is 0.497 e. The molecule has 0 saturated carbocycles. The van der Waals surface area contributed by atoms with E-state index < -0.39 is 0 Å². The second-order valence-electron chi connectivity index (χ2n) is 6.63. The van der Waals surface area contributed by atoms with Crippen molar-refractivity contribution in [1.29, 1.82) is 0 Å². The Bertz CT molecular complexity index is 811. The molecule has 27 heavy (non-hydrogen) atoms. The molecule has 0 saturated heterocycles. The van der Waals surface area contributed by atoms with E-state index in [1.807, 2.05) is 12.1 Å². The van der Waals surface area contributed by atoms with Gasteiger partial charge in [-0.25, -0.2) is 0 Å². The van der Waals surface area contributed by atoms with E-state index in [9.17, 15) is 9.59 Å². The van der Waals surface area contributed by atoms with Gasteiger partial charge in [0.25, 0.3) is 0 Å². The highest BCUT2D eigenvalue weighted by Crippen LogP contribution is 2.17. The molecule has 2 aromatic carbocycles. The summed E-state index contributed by atoms with van der Waals surface area (Å²) in [5.41, 5.74) is 2.83. The van der Waals surface area contributed by atoms with Crippen LogP contribution >= 0.6 is 0 Å². The Morgan fingerprint density at radius 2 is 1.85 bits per heavy atom. The lowest BCUT2D eigenvalue weighted by Crippen LogP contribution is -2.33. The number of likely N-dealkylation sites (N-methyl/N-ethyl adjacent to an activating group) is 1. The van der Waals surface area contributed by atoms with Crippen LogP contribution in [0.2, 0.25) is 0 Å².